The fourth-order valence-corrected chi connectivity index (χ4v) is 2.99. The van der Waals surface area contributed by atoms with Crippen molar-refractivity contribution in [1.82, 2.24) is 9.88 Å². The molecule has 20 heavy (non-hydrogen) atoms. The minimum Gasteiger partial charge on any atom is -0.351 e. The number of fused-ring (bicyclic) bond motifs is 1. The number of carbonyl (C=O) groups is 1. The van der Waals surface area contributed by atoms with E-state index in [1.54, 1.807) is 0 Å². The number of hydrogen-bond acceptors (Lipinski definition) is 1. The summed E-state index contributed by atoms with van der Waals surface area (Å²) in [5.74, 6) is 0.881. The summed E-state index contributed by atoms with van der Waals surface area (Å²) in [7, 11) is 0. The molecule has 3 nitrogen and oxygen atoms in total. The van der Waals surface area contributed by atoms with Crippen molar-refractivity contribution in [2.24, 2.45) is 5.92 Å². The molecule has 1 fully saturated rings. The average molecular weight is 270 g/mol. The van der Waals surface area contributed by atoms with Crippen molar-refractivity contribution < 1.29 is 4.79 Å². The topological polar surface area (TPSA) is 36.1 Å². The normalized spacial score (nSPS) is 20.1. The Morgan fingerprint density at radius 2 is 2.10 bits per heavy atom. The Labute approximate surface area is 120 Å². The fraction of sp³-hybridized carbons (Fsp3) is 0.471. The number of benzene rings is 1. The van der Waals surface area contributed by atoms with Gasteiger partial charge in [0.05, 0.1) is 0 Å². The first-order valence-electron chi connectivity index (χ1n) is 7.52. The molecule has 0 radical (unpaired) electrons. The van der Waals surface area contributed by atoms with Gasteiger partial charge >= 0.3 is 0 Å². The van der Waals surface area contributed by atoms with E-state index in [-0.39, 0.29) is 5.91 Å². The second kappa shape index (κ2) is 5.31. The minimum atomic E-state index is 0.146. The Bertz CT molecular complexity index is 629. The predicted molar refractivity (Wildman–Crippen MR) is 82.0 cm³/mol. The number of rotatable bonds is 1. The first-order valence-corrected chi connectivity index (χ1v) is 7.52. The molecule has 106 valence electrons. The van der Waals surface area contributed by atoms with Crippen LogP contribution in [0.2, 0.25) is 0 Å². The van der Waals surface area contributed by atoms with Crippen molar-refractivity contribution in [3.63, 3.8) is 0 Å². The molecule has 1 aliphatic heterocycles. The van der Waals surface area contributed by atoms with E-state index in [4.69, 9.17) is 0 Å². The summed E-state index contributed by atoms with van der Waals surface area (Å²) < 4.78 is 0. The maximum Gasteiger partial charge on any atom is 0.270 e. The van der Waals surface area contributed by atoms with E-state index < -0.39 is 0 Å². The third-order valence-corrected chi connectivity index (χ3v) is 4.31. The number of aromatic nitrogens is 1. The van der Waals surface area contributed by atoms with Crippen molar-refractivity contribution >= 4 is 16.8 Å². The number of carbonyl (C=O) groups excluding carboxylic acids is 1. The van der Waals surface area contributed by atoms with Gasteiger partial charge < -0.3 is 9.88 Å². The predicted octanol–water partition coefficient (Wildman–Crippen LogP) is 3.74. The average Bonchev–Trinajstić information content (AvgIpc) is 2.72. The number of nitrogens with zero attached hydrogens (tertiary/aromatic N) is 1. The standard InChI is InChI=1S/C17H22N2O/c1-12-4-3-8-19(9-7-12)17(20)16-11-14-6-5-13(2)10-15(14)18-16/h5-6,10-12,18H,3-4,7-9H2,1-2H3/t12-/m1/s1. The Morgan fingerprint density at radius 3 is 2.95 bits per heavy atom. The molecule has 0 spiro atoms. The van der Waals surface area contributed by atoms with Gasteiger partial charge in [0.25, 0.3) is 5.91 Å². The first-order chi connectivity index (χ1) is 9.63. The van der Waals surface area contributed by atoms with Crippen LogP contribution in [0.15, 0.2) is 24.3 Å². The monoisotopic (exact) mass is 270 g/mol. The van der Waals surface area contributed by atoms with Gasteiger partial charge in [-0.3, -0.25) is 4.79 Å². The molecule has 3 heteroatoms. The lowest BCUT2D eigenvalue weighted by molar-refractivity contribution is 0.0755. The van der Waals surface area contributed by atoms with E-state index in [0.717, 1.165) is 48.4 Å². The highest BCUT2D eigenvalue weighted by Gasteiger charge is 2.21. The number of nitrogens with one attached hydrogen (secondary N) is 1. The van der Waals surface area contributed by atoms with Crippen LogP contribution in [-0.2, 0) is 0 Å². The van der Waals surface area contributed by atoms with Crippen LogP contribution < -0.4 is 0 Å². The van der Waals surface area contributed by atoms with Crippen LogP contribution in [0, 0.1) is 12.8 Å². The van der Waals surface area contributed by atoms with Gasteiger partial charge in [0.1, 0.15) is 5.69 Å². The highest BCUT2D eigenvalue weighted by atomic mass is 16.2. The number of H-pyrrole nitrogens is 1. The molecule has 1 aromatic heterocycles. The quantitative estimate of drug-likeness (QED) is 0.842. The van der Waals surface area contributed by atoms with Crippen molar-refractivity contribution in [3.8, 4) is 0 Å². The third kappa shape index (κ3) is 2.58. The van der Waals surface area contributed by atoms with Crippen molar-refractivity contribution in [2.75, 3.05) is 13.1 Å². The van der Waals surface area contributed by atoms with Gasteiger partial charge in [-0.05, 0) is 49.8 Å². The summed E-state index contributed by atoms with van der Waals surface area (Å²) in [5.41, 5.74) is 2.98. The van der Waals surface area contributed by atoms with Crippen LogP contribution in [0.1, 0.15) is 42.2 Å². The molecule has 0 unspecified atom stereocenters. The van der Waals surface area contributed by atoms with Gasteiger partial charge in [0, 0.05) is 24.0 Å². The summed E-state index contributed by atoms with van der Waals surface area (Å²) in [6.07, 6.45) is 3.47. The maximum absolute atomic E-state index is 12.6. The van der Waals surface area contributed by atoms with Crippen molar-refractivity contribution in [1.29, 1.82) is 0 Å². The van der Waals surface area contributed by atoms with Gasteiger partial charge in [-0.15, -0.1) is 0 Å². The van der Waals surface area contributed by atoms with Gasteiger partial charge in [-0.1, -0.05) is 19.1 Å². The van der Waals surface area contributed by atoms with E-state index in [1.807, 2.05) is 11.0 Å². The molecule has 1 aliphatic rings. The van der Waals surface area contributed by atoms with Crippen molar-refractivity contribution in [2.45, 2.75) is 33.1 Å². The number of likely N-dealkylation sites (tertiary alicyclic amines) is 1. The maximum atomic E-state index is 12.6. The molecule has 0 saturated carbocycles. The van der Waals surface area contributed by atoms with Crippen LogP contribution >= 0.6 is 0 Å². The second-order valence-electron chi connectivity index (χ2n) is 6.10. The molecule has 1 amide bonds. The number of hydrogen-bond donors (Lipinski definition) is 1. The highest BCUT2D eigenvalue weighted by molar-refractivity contribution is 5.98. The molecule has 1 aromatic carbocycles. The lowest BCUT2D eigenvalue weighted by Crippen LogP contribution is -2.32. The molecule has 2 heterocycles. The molecular weight excluding hydrogens is 248 g/mol. The zero-order chi connectivity index (χ0) is 14.1. The molecule has 2 aromatic rings. The lowest BCUT2D eigenvalue weighted by Gasteiger charge is -2.19. The van der Waals surface area contributed by atoms with E-state index in [1.165, 1.54) is 12.0 Å². The van der Waals surface area contributed by atoms with Gasteiger partial charge in [0.15, 0.2) is 0 Å². The molecule has 1 atom stereocenters. The summed E-state index contributed by atoms with van der Waals surface area (Å²) in [5, 5.41) is 1.11. The van der Waals surface area contributed by atoms with E-state index in [9.17, 15) is 4.79 Å². The van der Waals surface area contributed by atoms with E-state index in [0.29, 0.717) is 0 Å². The zero-order valence-electron chi connectivity index (χ0n) is 12.3. The Balaban J connectivity index is 1.84. The molecule has 3 rings (SSSR count). The van der Waals surface area contributed by atoms with E-state index in [2.05, 4.69) is 37.0 Å². The molecule has 1 N–H and O–H groups in total. The Kier molecular flexibility index (Phi) is 3.51. The largest absolute Gasteiger partial charge is 0.351 e. The number of aryl methyl sites for hydroxylation is 1. The molecule has 0 aliphatic carbocycles. The lowest BCUT2D eigenvalue weighted by atomic mass is 10.0. The fourth-order valence-electron chi connectivity index (χ4n) is 2.99. The van der Waals surface area contributed by atoms with Gasteiger partial charge in [-0.25, -0.2) is 0 Å². The molecule has 0 bridgehead atoms. The third-order valence-electron chi connectivity index (χ3n) is 4.31. The number of aromatic amines is 1. The van der Waals surface area contributed by atoms with E-state index >= 15 is 0 Å². The number of amides is 1. The second-order valence-corrected chi connectivity index (χ2v) is 6.10. The van der Waals surface area contributed by atoms with Gasteiger partial charge in [0.2, 0.25) is 0 Å². The minimum absolute atomic E-state index is 0.146. The summed E-state index contributed by atoms with van der Waals surface area (Å²) >= 11 is 0. The van der Waals surface area contributed by atoms with Gasteiger partial charge in [-0.2, -0.15) is 0 Å². The SMILES string of the molecule is Cc1ccc2cc(C(=O)N3CCC[C@@H](C)CC3)[nH]c2c1. The van der Waals surface area contributed by atoms with Crippen LogP contribution in [0.5, 0.6) is 0 Å². The van der Waals surface area contributed by atoms with Crippen LogP contribution in [0.3, 0.4) is 0 Å². The molecule has 1 saturated heterocycles. The summed E-state index contributed by atoms with van der Waals surface area (Å²) in [6, 6.07) is 8.22. The van der Waals surface area contributed by atoms with Crippen LogP contribution in [-0.4, -0.2) is 28.9 Å². The highest BCUT2D eigenvalue weighted by Crippen LogP contribution is 2.21. The van der Waals surface area contributed by atoms with Crippen LogP contribution in [0.25, 0.3) is 10.9 Å². The van der Waals surface area contributed by atoms with Crippen molar-refractivity contribution in [3.05, 3.63) is 35.5 Å². The molecular formula is C17H22N2O. The first kappa shape index (κ1) is 13.2. The smallest absolute Gasteiger partial charge is 0.270 e. The Hall–Kier alpha value is -1.77. The summed E-state index contributed by atoms with van der Waals surface area (Å²) in [6.45, 7) is 6.11. The Morgan fingerprint density at radius 1 is 1.25 bits per heavy atom. The zero-order valence-corrected chi connectivity index (χ0v) is 12.3. The van der Waals surface area contributed by atoms with Crippen LogP contribution in [0.4, 0.5) is 0 Å². The summed E-state index contributed by atoms with van der Waals surface area (Å²) in [4.78, 5) is 17.9.